The third kappa shape index (κ3) is 2.45. The predicted molar refractivity (Wildman–Crippen MR) is 102 cm³/mol. The number of aryl methyl sites for hydroxylation is 1. The summed E-state index contributed by atoms with van der Waals surface area (Å²) in [6.07, 6.45) is 6.70. The zero-order chi connectivity index (χ0) is 15.9. The summed E-state index contributed by atoms with van der Waals surface area (Å²) in [5.74, 6) is 2.30. The van der Waals surface area contributed by atoms with Crippen molar-refractivity contribution in [1.29, 1.82) is 0 Å². The van der Waals surface area contributed by atoms with Gasteiger partial charge in [-0.3, -0.25) is 0 Å². The van der Waals surface area contributed by atoms with E-state index in [9.17, 15) is 5.11 Å². The molecule has 0 radical (unpaired) electrons. The maximum absolute atomic E-state index is 11.7. The normalized spacial score (nSPS) is 23.9. The number of nitrogens with zero attached hydrogens (tertiary/aromatic N) is 1. The van der Waals surface area contributed by atoms with Crippen molar-refractivity contribution in [2.45, 2.75) is 48.2 Å². The maximum atomic E-state index is 11.7. The van der Waals surface area contributed by atoms with Gasteiger partial charge in [-0.05, 0) is 48.3 Å². The Kier molecular flexibility index (Phi) is 4.19. The standard InChI is InChI=1S/C19H25NOS2/c1-20-16-9-4-3-8-15(16)14-17(20)19(22-12-7-13-23-19)18(21)10-5-2-6-11-18/h3-4,8-9,14,21H,2,5-7,10-13H2,1H3. The van der Waals surface area contributed by atoms with Crippen molar-refractivity contribution in [3.05, 3.63) is 36.0 Å². The molecule has 124 valence electrons. The summed E-state index contributed by atoms with van der Waals surface area (Å²) in [4.78, 5) is 0. The summed E-state index contributed by atoms with van der Waals surface area (Å²) in [5.41, 5.74) is 1.99. The van der Waals surface area contributed by atoms with E-state index in [2.05, 4.69) is 41.9 Å². The number of thioether (sulfide) groups is 2. The minimum absolute atomic E-state index is 0.209. The van der Waals surface area contributed by atoms with E-state index in [1.54, 1.807) is 0 Å². The molecule has 1 aliphatic carbocycles. The van der Waals surface area contributed by atoms with Crippen LogP contribution < -0.4 is 0 Å². The van der Waals surface area contributed by atoms with Gasteiger partial charge in [-0.2, -0.15) is 0 Å². The molecule has 1 aromatic heterocycles. The summed E-state index contributed by atoms with van der Waals surface area (Å²) in [7, 11) is 2.17. The maximum Gasteiger partial charge on any atom is 0.130 e. The number of rotatable bonds is 2. The van der Waals surface area contributed by atoms with Crippen molar-refractivity contribution in [2.24, 2.45) is 7.05 Å². The van der Waals surface area contributed by atoms with Crippen LogP contribution in [-0.4, -0.2) is 26.8 Å². The van der Waals surface area contributed by atoms with Gasteiger partial charge >= 0.3 is 0 Å². The topological polar surface area (TPSA) is 25.2 Å². The van der Waals surface area contributed by atoms with E-state index in [1.807, 2.05) is 23.5 Å². The van der Waals surface area contributed by atoms with Crippen LogP contribution in [0.2, 0.25) is 0 Å². The molecule has 0 bridgehead atoms. The first kappa shape index (κ1) is 15.9. The molecule has 2 heterocycles. The Balaban J connectivity index is 1.89. The van der Waals surface area contributed by atoms with E-state index < -0.39 is 5.60 Å². The highest BCUT2D eigenvalue weighted by atomic mass is 32.2. The van der Waals surface area contributed by atoms with Gasteiger partial charge in [-0.1, -0.05) is 37.5 Å². The van der Waals surface area contributed by atoms with Gasteiger partial charge in [0.1, 0.15) is 4.08 Å². The average molecular weight is 348 g/mol. The Hall–Kier alpha value is -0.580. The predicted octanol–water partition coefficient (Wildman–Crippen LogP) is 4.90. The molecule has 2 fully saturated rings. The number of hydrogen-bond acceptors (Lipinski definition) is 3. The van der Waals surface area contributed by atoms with E-state index in [-0.39, 0.29) is 4.08 Å². The Bertz CT molecular complexity index is 696. The van der Waals surface area contributed by atoms with Crippen molar-refractivity contribution in [3.8, 4) is 0 Å². The molecule has 1 aromatic carbocycles. The van der Waals surface area contributed by atoms with Crippen LogP contribution in [0.1, 0.15) is 44.2 Å². The summed E-state index contributed by atoms with van der Waals surface area (Å²) in [5, 5.41) is 13.0. The first-order valence-corrected chi connectivity index (χ1v) is 10.7. The molecular formula is C19H25NOS2. The number of aromatic nitrogens is 1. The van der Waals surface area contributed by atoms with Gasteiger partial charge in [0.05, 0.1) is 5.60 Å². The summed E-state index contributed by atoms with van der Waals surface area (Å²) in [6.45, 7) is 0. The molecule has 0 atom stereocenters. The lowest BCUT2D eigenvalue weighted by Gasteiger charge is -2.50. The monoisotopic (exact) mass is 347 g/mol. The quantitative estimate of drug-likeness (QED) is 0.837. The molecule has 0 spiro atoms. The molecule has 2 nitrogen and oxygen atoms in total. The van der Waals surface area contributed by atoms with E-state index in [0.717, 1.165) is 37.2 Å². The number of aliphatic hydroxyl groups is 1. The fourth-order valence-electron chi connectivity index (χ4n) is 4.26. The Labute approximate surface area is 147 Å². The Morgan fingerprint density at radius 1 is 1.00 bits per heavy atom. The summed E-state index contributed by atoms with van der Waals surface area (Å²) >= 11 is 3.98. The summed E-state index contributed by atoms with van der Waals surface area (Å²) < 4.78 is 2.12. The van der Waals surface area contributed by atoms with Gasteiger partial charge in [0.25, 0.3) is 0 Å². The Morgan fingerprint density at radius 2 is 1.70 bits per heavy atom. The van der Waals surface area contributed by atoms with Gasteiger partial charge in [0.15, 0.2) is 0 Å². The minimum atomic E-state index is -0.580. The van der Waals surface area contributed by atoms with Crippen molar-refractivity contribution in [3.63, 3.8) is 0 Å². The fourth-order valence-corrected chi connectivity index (χ4v) is 8.06. The fraction of sp³-hybridized carbons (Fsp3) is 0.579. The molecule has 1 saturated carbocycles. The Morgan fingerprint density at radius 3 is 2.39 bits per heavy atom. The van der Waals surface area contributed by atoms with Crippen LogP contribution in [0.5, 0.6) is 0 Å². The second kappa shape index (κ2) is 6.05. The third-order valence-corrected chi connectivity index (χ3v) is 9.17. The van der Waals surface area contributed by atoms with Crippen molar-refractivity contribution >= 4 is 34.4 Å². The van der Waals surface area contributed by atoms with Crippen molar-refractivity contribution in [2.75, 3.05) is 11.5 Å². The zero-order valence-corrected chi connectivity index (χ0v) is 15.4. The van der Waals surface area contributed by atoms with Crippen LogP contribution >= 0.6 is 23.5 Å². The second-order valence-corrected chi connectivity index (χ2v) is 9.78. The molecule has 0 amide bonds. The third-order valence-electron chi connectivity index (χ3n) is 5.48. The van der Waals surface area contributed by atoms with Crippen molar-refractivity contribution in [1.82, 2.24) is 4.57 Å². The molecule has 2 aliphatic rings. The van der Waals surface area contributed by atoms with E-state index in [0.29, 0.717) is 0 Å². The van der Waals surface area contributed by atoms with Gasteiger partial charge in [0, 0.05) is 18.3 Å². The molecule has 4 rings (SSSR count). The average Bonchev–Trinajstić information content (AvgIpc) is 2.94. The van der Waals surface area contributed by atoms with E-state index >= 15 is 0 Å². The largest absolute Gasteiger partial charge is 0.387 e. The highest BCUT2D eigenvalue weighted by Gasteiger charge is 2.55. The number of fused-ring (bicyclic) bond motifs is 1. The van der Waals surface area contributed by atoms with E-state index in [1.165, 1.54) is 29.4 Å². The second-order valence-electron chi connectivity index (χ2n) is 6.91. The lowest BCUT2D eigenvalue weighted by Crippen LogP contribution is -2.51. The van der Waals surface area contributed by atoms with Gasteiger partial charge in [-0.15, -0.1) is 23.5 Å². The van der Waals surface area contributed by atoms with Crippen molar-refractivity contribution < 1.29 is 5.11 Å². The first-order chi connectivity index (χ1) is 11.2. The van der Waals surface area contributed by atoms with Gasteiger partial charge in [-0.25, -0.2) is 0 Å². The van der Waals surface area contributed by atoms with Crippen LogP contribution in [0.3, 0.4) is 0 Å². The zero-order valence-electron chi connectivity index (χ0n) is 13.8. The molecule has 4 heteroatoms. The molecular weight excluding hydrogens is 322 g/mol. The summed E-state index contributed by atoms with van der Waals surface area (Å²) in [6, 6.07) is 10.9. The number of benzene rings is 1. The highest BCUT2D eigenvalue weighted by molar-refractivity contribution is 8.18. The molecule has 2 aromatic rings. The molecule has 1 saturated heterocycles. The van der Waals surface area contributed by atoms with Crippen LogP contribution in [0.15, 0.2) is 30.3 Å². The smallest absolute Gasteiger partial charge is 0.130 e. The van der Waals surface area contributed by atoms with Gasteiger partial charge in [0.2, 0.25) is 0 Å². The molecule has 0 unspecified atom stereocenters. The molecule has 1 aliphatic heterocycles. The van der Waals surface area contributed by atoms with Crippen LogP contribution in [0, 0.1) is 0 Å². The first-order valence-electron chi connectivity index (χ1n) is 8.72. The molecule has 23 heavy (non-hydrogen) atoms. The minimum Gasteiger partial charge on any atom is -0.387 e. The van der Waals surface area contributed by atoms with Gasteiger partial charge < -0.3 is 9.67 Å². The highest BCUT2D eigenvalue weighted by Crippen LogP contribution is 2.60. The molecule has 1 N–H and O–H groups in total. The van der Waals surface area contributed by atoms with Crippen LogP contribution in [0.4, 0.5) is 0 Å². The lowest BCUT2D eigenvalue weighted by atomic mass is 9.80. The van der Waals surface area contributed by atoms with Crippen LogP contribution in [-0.2, 0) is 11.1 Å². The lowest BCUT2D eigenvalue weighted by molar-refractivity contribution is -0.00992. The van der Waals surface area contributed by atoms with E-state index in [4.69, 9.17) is 0 Å². The number of hydrogen-bond donors (Lipinski definition) is 1. The SMILES string of the molecule is Cn1c(C2(C3(O)CCCCC3)SCCCS2)cc2ccccc21. The van der Waals surface area contributed by atoms with Crippen LogP contribution in [0.25, 0.3) is 10.9 Å². The number of para-hydroxylation sites is 1.